The van der Waals surface area contributed by atoms with Crippen molar-refractivity contribution in [3.8, 4) is 16.9 Å². The van der Waals surface area contributed by atoms with E-state index in [1.54, 1.807) is 20.9 Å². The maximum atomic E-state index is 14.6. The molecule has 17 heteroatoms. The van der Waals surface area contributed by atoms with Crippen LogP contribution in [0.25, 0.3) is 11.1 Å². The van der Waals surface area contributed by atoms with E-state index in [1.165, 1.54) is 42.9 Å². The van der Waals surface area contributed by atoms with E-state index in [1.807, 2.05) is 76.2 Å². The molecule has 68 heavy (non-hydrogen) atoms. The minimum absolute atomic E-state index is 0.0642. The number of rotatable bonds is 20. The van der Waals surface area contributed by atoms with Crippen molar-refractivity contribution in [1.82, 2.24) is 14.7 Å². The number of likely N-dealkylation sites (tertiary alicyclic amines) is 1. The minimum Gasteiger partial charge on any atom is -0.448 e. The van der Waals surface area contributed by atoms with Gasteiger partial charge in [-0.3, -0.25) is 24.1 Å². The first kappa shape index (κ1) is 53.5. The molecule has 0 aromatic heterocycles. The van der Waals surface area contributed by atoms with Crippen LogP contribution in [-0.2, 0) is 33.4 Å². The van der Waals surface area contributed by atoms with Gasteiger partial charge < -0.3 is 28.7 Å². The lowest BCUT2D eigenvalue weighted by molar-refractivity contribution is -0.151. The molecule has 2 aliphatic rings. The fourth-order valence-electron chi connectivity index (χ4n) is 9.58. The maximum absolute atomic E-state index is 14.6. The molecule has 3 aromatic rings. The number of esters is 1. The molecule has 0 radical (unpaired) electrons. The average Bonchev–Trinajstić information content (AvgIpc) is 3.94. The van der Waals surface area contributed by atoms with Gasteiger partial charge in [-0.05, 0) is 67.7 Å². The summed E-state index contributed by atoms with van der Waals surface area (Å²) >= 11 is 0. The van der Waals surface area contributed by atoms with Crippen LogP contribution in [0, 0.1) is 52.8 Å². The normalized spacial score (nSPS) is 17.4. The Labute approximate surface area is 395 Å². The van der Waals surface area contributed by atoms with E-state index < -0.39 is 94.5 Å². The van der Waals surface area contributed by atoms with E-state index in [-0.39, 0.29) is 55.4 Å². The first-order valence-corrected chi connectivity index (χ1v) is 23.0. The van der Waals surface area contributed by atoms with Crippen molar-refractivity contribution in [3.63, 3.8) is 0 Å². The average molecular weight is 958 g/mol. The third kappa shape index (κ3) is 10.7. The van der Waals surface area contributed by atoms with Gasteiger partial charge in [-0.1, -0.05) is 82.6 Å². The van der Waals surface area contributed by atoms with Crippen LogP contribution in [0.1, 0.15) is 97.6 Å². The lowest BCUT2D eigenvalue weighted by Crippen LogP contribution is -2.55. The Bertz CT molecular complexity index is 2270. The van der Waals surface area contributed by atoms with Crippen LogP contribution in [0.4, 0.5) is 26.7 Å². The van der Waals surface area contributed by atoms with Crippen molar-refractivity contribution >= 4 is 29.7 Å². The summed E-state index contributed by atoms with van der Waals surface area (Å²) in [5.41, 5.74) is 2.89. The van der Waals surface area contributed by atoms with Gasteiger partial charge in [-0.25, -0.2) is 18.0 Å². The zero-order valence-electron chi connectivity index (χ0n) is 40.7. The predicted octanol–water partition coefficient (Wildman–Crippen LogP) is 9.10. The molecule has 1 aliphatic heterocycles. The summed E-state index contributed by atoms with van der Waals surface area (Å²) in [6, 6.07) is 14.5. The Hall–Kier alpha value is -5.42. The van der Waals surface area contributed by atoms with E-state index in [4.69, 9.17) is 18.9 Å². The van der Waals surface area contributed by atoms with Gasteiger partial charge in [0.1, 0.15) is 6.61 Å². The van der Waals surface area contributed by atoms with Crippen molar-refractivity contribution in [3.05, 3.63) is 88.7 Å². The number of amides is 3. The highest BCUT2D eigenvalue weighted by atomic mass is 19.2. The number of halogens is 5. The molecule has 0 saturated carbocycles. The molecule has 0 bridgehead atoms. The Morgan fingerprint density at radius 3 is 1.85 bits per heavy atom. The number of ether oxygens (including phenoxy) is 4. The van der Waals surface area contributed by atoms with Gasteiger partial charge in [0.2, 0.25) is 46.6 Å². The summed E-state index contributed by atoms with van der Waals surface area (Å²) < 4.78 is 92.4. The molecule has 1 saturated heterocycles. The predicted molar refractivity (Wildman–Crippen MR) is 243 cm³/mol. The number of fused-ring (bicyclic) bond motifs is 3. The summed E-state index contributed by atoms with van der Waals surface area (Å²) in [5.74, 6) is -18.7. The van der Waals surface area contributed by atoms with Crippen molar-refractivity contribution in [2.24, 2.45) is 23.7 Å². The number of Topliss-reactive ketones (excluding diaryl/α,β-unsaturated/α-hetero) is 1. The van der Waals surface area contributed by atoms with Crippen LogP contribution in [0.3, 0.4) is 0 Å². The monoisotopic (exact) mass is 957 g/mol. The molecule has 7 atom stereocenters. The van der Waals surface area contributed by atoms with Crippen molar-refractivity contribution in [1.29, 1.82) is 0 Å². The molecule has 0 unspecified atom stereocenters. The topological polar surface area (TPSA) is 132 Å². The van der Waals surface area contributed by atoms with Crippen LogP contribution < -0.4 is 4.74 Å². The number of carbonyl (C=O) groups is 5. The van der Waals surface area contributed by atoms with Crippen molar-refractivity contribution in [2.75, 3.05) is 41.5 Å². The first-order valence-electron chi connectivity index (χ1n) is 23.0. The second kappa shape index (κ2) is 22.3. The van der Waals surface area contributed by atoms with E-state index in [2.05, 4.69) is 0 Å². The van der Waals surface area contributed by atoms with Crippen LogP contribution in [-0.4, -0.2) is 116 Å². The number of benzene rings is 3. The summed E-state index contributed by atoms with van der Waals surface area (Å²) in [6.45, 7) is 12.3. The molecule has 5 rings (SSSR count). The largest absolute Gasteiger partial charge is 0.448 e. The van der Waals surface area contributed by atoms with Gasteiger partial charge in [0.05, 0.1) is 42.2 Å². The number of hydrogen-bond donors (Lipinski definition) is 0. The van der Waals surface area contributed by atoms with Crippen LogP contribution >= 0.6 is 0 Å². The van der Waals surface area contributed by atoms with Gasteiger partial charge in [0.25, 0.3) is 0 Å². The SMILES string of the molecule is CC[C@H](C)[C@@H]([C@@H](CC(=O)N1CCC[C@H]1[C@H](OC)[C@@H](C)C(=O)Oc1c(F)c(F)c(F)c(F)c1F)OC)N(C)C(=O)[C@@H](CC(=O)C(C)(C)N(C)C(=O)OCC1c2ccccc2-c2ccccc21)C(C)C. The highest BCUT2D eigenvalue weighted by Gasteiger charge is 2.45. The van der Waals surface area contributed by atoms with Gasteiger partial charge in [-0.15, -0.1) is 0 Å². The lowest BCUT2D eigenvalue weighted by Gasteiger charge is -2.41. The Kier molecular flexibility index (Phi) is 17.6. The summed E-state index contributed by atoms with van der Waals surface area (Å²) in [7, 11) is 5.79. The number of hydrogen-bond acceptors (Lipinski definition) is 9. The molecule has 372 valence electrons. The van der Waals surface area contributed by atoms with E-state index >= 15 is 0 Å². The number of likely N-dealkylation sites (N-methyl/N-ethyl adjacent to an activating group) is 2. The van der Waals surface area contributed by atoms with E-state index in [9.17, 15) is 45.9 Å². The van der Waals surface area contributed by atoms with Crippen LogP contribution in [0.15, 0.2) is 48.5 Å². The molecule has 0 spiro atoms. The number of methoxy groups -OCH3 is 2. The van der Waals surface area contributed by atoms with Gasteiger partial charge in [0, 0.05) is 53.1 Å². The Balaban J connectivity index is 1.26. The third-order valence-corrected chi connectivity index (χ3v) is 14.2. The number of nitrogens with zero attached hydrogens (tertiary/aromatic N) is 3. The zero-order chi connectivity index (χ0) is 50.5. The smallest absolute Gasteiger partial charge is 0.410 e. The van der Waals surface area contributed by atoms with E-state index in [0.717, 1.165) is 22.3 Å². The highest BCUT2D eigenvalue weighted by Crippen LogP contribution is 2.45. The maximum Gasteiger partial charge on any atom is 0.410 e. The Morgan fingerprint density at radius 1 is 0.794 bits per heavy atom. The first-order chi connectivity index (χ1) is 32.0. The lowest BCUT2D eigenvalue weighted by atomic mass is 9.82. The summed E-state index contributed by atoms with van der Waals surface area (Å²) in [6.07, 6.45) is -1.67. The molecular formula is C51H64F5N3O9. The van der Waals surface area contributed by atoms with E-state index in [0.29, 0.717) is 19.3 Å². The molecule has 1 heterocycles. The van der Waals surface area contributed by atoms with Crippen molar-refractivity contribution < 1.29 is 64.9 Å². The van der Waals surface area contributed by atoms with Crippen LogP contribution in [0.2, 0.25) is 0 Å². The standard InChI is InChI=1S/C51H64F5N3O9/c1-12-28(4)45(37(65-10)25-39(61)59-23-17-22-36(59)46(66-11)29(5)49(63)68-47-43(55)41(53)40(52)42(54)44(47)56)57(8)48(62)34(27(2)3)24-38(60)51(6,7)58(9)50(64)67-26-35-32-20-15-13-18-30(32)31-19-14-16-21-33(31)35/h13-16,18-21,27-29,34-37,45-46H,12,17,22-26H2,1-11H3/t28-,29+,34-,36-,37+,45-,46+/m0/s1. The molecule has 1 aliphatic carbocycles. The summed E-state index contributed by atoms with van der Waals surface area (Å²) in [5, 5.41) is 0. The number of ketones is 1. The molecule has 0 N–H and O–H groups in total. The fraction of sp³-hybridized carbons (Fsp3) is 0.549. The van der Waals surface area contributed by atoms with Gasteiger partial charge in [-0.2, -0.15) is 8.78 Å². The molecule has 1 fully saturated rings. The molecule has 3 amide bonds. The Morgan fingerprint density at radius 2 is 1.34 bits per heavy atom. The minimum atomic E-state index is -2.41. The van der Waals surface area contributed by atoms with Gasteiger partial charge in [0.15, 0.2) is 5.78 Å². The zero-order valence-corrected chi connectivity index (χ0v) is 40.7. The second-order valence-electron chi connectivity index (χ2n) is 18.8. The van der Waals surface area contributed by atoms with Crippen molar-refractivity contribution in [2.45, 2.75) is 116 Å². The van der Waals surface area contributed by atoms with Crippen LogP contribution in [0.5, 0.6) is 5.75 Å². The molecule has 3 aromatic carbocycles. The molecule has 12 nitrogen and oxygen atoms in total. The number of carbonyl (C=O) groups excluding carboxylic acids is 5. The summed E-state index contributed by atoms with van der Waals surface area (Å²) in [4.78, 5) is 74.2. The molecular weight excluding hydrogens is 894 g/mol. The quantitative estimate of drug-likeness (QED) is 0.0358. The fourth-order valence-corrected chi connectivity index (χ4v) is 9.58. The third-order valence-electron chi connectivity index (χ3n) is 14.2. The second-order valence-corrected chi connectivity index (χ2v) is 18.8. The van der Waals surface area contributed by atoms with Gasteiger partial charge >= 0.3 is 12.1 Å². The highest BCUT2D eigenvalue weighted by molar-refractivity contribution is 5.94.